The van der Waals surface area contributed by atoms with E-state index in [1.54, 1.807) is 7.11 Å². The third-order valence-corrected chi connectivity index (χ3v) is 6.05. The molecule has 0 radical (unpaired) electrons. The number of nitrogens with zero attached hydrogens (tertiary/aromatic N) is 3. The molecule has 4 rings (SSSR count). The van der Waals surface area contributed by atoms with Crippen molar-refractivity contribution in [1.29, 1.82) is 0 Å². The van der Waals surface area contributed by atoms with Crippen LogP contribution in [-0.2, 0) is 13.2 Å². The Hall–Kier alpha value is -2.83. The summed E-state index contributed by atoms with van der Waals surface area (Å²) in [6.07, 6.45) is 0. The first-order chi connectivity index (χ1) is 15.0. The smallest absolute Gasteiger partial charge is 0.161 e. The van der Waals surface area contributed by atoms with Gasteiger partial charge in [-0.1, -0.05) is 41.6 Å². The van der Waals surface area contributed by atoms with Crippen molar-refractivity contribution in [2.75, 3.05) is 33.8 Å². The lowest BCUT2D eigenvalue weighted by atomic mass is 10.0. The Bertz CT molecular complexity index is 983. The van der Waals surface area contributed by atoms with Crippen LogP contribution in [-0.4, -0.2) is 48.7 Å². The predicted molar refractivity (Wildman–Crippen MR) is 120 cm³/mol. The number of piperazine rings is 1. The Morgan fingerprint density at radius 1 is 1.06 bits per heavy atom. The Balaban J connectivity index is 1.49. The summed E-state index contributed by atoms with van der Waals surface area (Å²) in [5.41, 5.74) is 4.41. The van der Waals surface area contributed by atoms with E-state index >= 15 is 0 Å². The van der Waals surface area contributed by atoms with Gasteiger partial charge in [0.1, 0.15) is 12.4 Å². The molecule has 31 heavy (non-hydrogen) atoms. The van der Waals surface area contributed by atoms with Gasteiger partial charge in [0.05, 0.1) is 18.4 Å². The second-order valence-corrected chi connectivity index (χ2v) is 8.24. The summed E-state index contributed by atoms with van der Waals surface area (Å²) in [6, 6.07) is 17.4. The third-order valence-electron chi connectivity index (χ3n) is 6.05. The maximum absolute atomic E-state index is 6.04. The Kier molecular flexibility index (Phi) is 6.59. The lowest BCUT2D eigenvalue weighted by Crippen LogP contribution is -2.46. The number of ether oxygens (including phenoxy) is 2. The van der Waals surface area contributed by atoms with Crippen molar-refractivity contribution in [2.24, 2.45) is 0 Å². The van der Waals surface area contributed by atoms with Gasteiger partial charge in [-0.25, -0.2) is 0 Å². The van der Waals surface area contributed by atoms with Crippen molar-refractivity contribution in [3.63, 3.8) is 0 Å². The van der Waals surface area contributed by atoms with Gasteiger partial charge in [-0.3, -0.25) is 4.90 Å². The second-order valence-electron chi connectivity index (χ2n) is 8.24. The van der Waals surface area contributed by atoms with Crippen LogP contribution in [0.1, 0.15) is 34.2 Å². The number of methoxy groups -OCH3 is 1. The quantitative estimate of drug-likeness (QED) is 0.565. The van der Waals surface area contributed by atoms with E-state index in [2.05, 4.69) is 64.5 Å². The van der Waals surface area contributed by atoms with Crippen LogP contribution < -0.4 is 9.47 Å². The van der Waals surface area contributed by atoms with Crippen molar-refractivity contribution < 1.29 is 14.0 Å². The number of benzene rings is 2. The molecule has 1 atom stereocenters. The molecule has 6 nitrogen and oxygen atoms in total. The van der Waals surface area contributed by atoms with Crippen LogP contribution in [0.15, 0.2) is 53.1 Å². The number of rotatable bonds is 7. The highest BCUT2D eigenvalue weighted by Gasteiger charge is 2.26. The summed E-state index contributed by atoms with van der Waals surface area (Å²) in [6.45, 7) is 8.23. The van der Waals surface area contributed by atoms with Gasteiger partial charge < -0.3 is 18.9 Å². The number of hydrogen-bond acceptors (Lipinski definition) is 6. The van der Waals surface area contributed by atoms with E-state index in [4.69, 9.17) is 14.0 Å². The van der Waals surface area contributed by atoms with Gasteiger partial charge in [-0.15, -0.1) is 0 Å². The Morgan fingerprint density at radius 3 is 2.58 bits per heavy atom. The molecule has 1 aromatic heterocycles. The molecule has 1 unspecified atom stereocenters. The van der Waals surface area contributed by atoms with E-state index in [0.29, 0.717) is 12.6 Å². The summed E-state index contributed by atoms with van der Waals surface area (Å²) in [7, 11) is 3.88. The van der Waals surface area contributed by atoms with Crippen LogP contribution in [0.25, 0.3) is 0 Å². The topological polar surface area (TPSA) is 51.0 Å². The first-order valence-electron chi connectivity index (χ1n) is 10.7. The summed E-state index contributed by atoms with van der Waals surface area (Å²) < 4.78 is 16.9. The molecule has 1 aliphatic rings. The van der Waals surface area contributed by atoms with Gasteiger partial charge in [0.25, 0.3) is 0 Å². The van der Waals surface area contributed by atoms with Crippen LogP contribution in [0.4, 0.5) is 0 Å². The fraction of sp³-hybridized carbons (Fsp3) is 0.400. The average Bonchev–Trinajstić information content (AvgIpc) is 3.11. The minimum absolute atomic E-state index is 0.376. The monoisotopic (exact) mass is 421 g/mol. The molecule has 6 heteroatoms. The highest BCUT2D eigenvalue weighted by molar-refractivity contribution is 5.43. The lowest BCUT2D eigenvalue weighted by Gasteiger charge is -2.40. The molecule has 164 valence electrons. The third kappa shape index (κ3) is 4.92. The number of aryl methyl sites for hydroxylation is 2. The summed E-state index contributed by atoms with van der Waals surface area (Å²) in [4.78, 5) is 4.95. The van der Waals surface area contributed by atoms with Gasteiger partial charge >= 0.3 is 0 Å². The van der Waals surface area contributed by atoms with Gasteiger partial charge in [0.2, 0.25) is 0 Å². The van der Waals surface area contributed by atoms with Crippen molar-refractivity contribution in [1.82, 2.24) is 15.0 Å². The van der Waals surface area contributed by atoms with E-state index in [1.807, 2.05) is 19.9 Å². The molecule has 3 aromatic rings. The van der Waals surface area contributed by atoms with Crippen molar-refractivity contribution >= 4 is 0 Å². The average molecular weight is 422 g/mol. The van der Waals surface area contributed by atoms with Crippen LogP contribution >= 0.6 is 0 Å². The normalized spacial score (nSPS) is 17.6. The van der Waals surface area contributed by atoms with Crippen molar-refractivity contribution in [3.8, 4) is 11.5 Å². The van der Waals surface area contributed by atoms with Gasteiger partial charge in [0, 0.05) is 32.2 Å². The SMILES string of the molecule is COc1cc(CN2CCN(C)CC2c2ccccc2)ccc1OCc1c(C)noc1C. The predicted octanol–water partition coefficient (Wildman–Crippen LogP) is 4.37. The standard InChI is InChI=1S/C25H31N3O3/c1-18-22(19(2)31-26-18)17-30-24-11-10-20(14-25(24)29-4)15-28-13-12-27(3)16-23(28)21-8-6-5-7-9-21/h5-11,14,23H,12-13,15-17H2,1-4H3. The highest BCUT2D eigenvalue weighted by atomic mass is 16.5. The van der Waals surface area contributed by atoms with Crippen molar-refractivity contribution in [2.45, 2.75) is 33.0 Å². The van der Waals surface area contributed by atoms with E-state index in [0.717, 1.165) is 54.7 Å². The summed E-state index contributed by atoms with van der Waals surface area (Å²) >= 11 is 0. The largest absolute Gasteiger partial charge is 0.493 e. The molecule has 0 amide bonds. The number of likely N-dealkylation sites (N-methyl/N-ethyl adjacent to an activating group) is 1. The van der Waals surface area contributed by atoms with Gasteiger partial charge in [0.15, 0.2) is 11.5 Å². The Morgan fingerprint density at radius 2 is 1.87 bits per heavy atom. The van der Waals surface area contributed by atoms with Gasteiger partial charge in [-0.05, 0) is 44.2 Å². The van der Waals surface area contributed by atoms with Crippen LogP contribution in [0.2, 0.25) is 0 Å². The molecule has 0 spiro atoms. The second kappa shape index (κ2) is 9.54. The van der Waals surface area contributed by atoms with Crippen LogP contribution in [0.3, 0.4) is 0 Å². The van der Waals surface area contributed by atoms with E-state index in [9.17, 15) is 0 Å². The molecule has 1 aliphatic heterocycles. The van der Waals surface area contributed by atoms with Crippen LogP contribution in [0.5, 0.6) is 11.5 Å². The van der Waals surface area contributed by atoms with E-state index in [-0.39, 0.29) is 0 Å². The molecule has 0 N–H and O–H groups in total. The zero-order valence-corrected chi connectivity index (χ0v) is 18.8. The molecule has 1 saturated heterocycles. The maximum Gasteiger partial charge on any atom is 0.161 e. The van der Waals surface area contributed by atoms with E-state index < -0.39 is 0 Å². The van der Waals surface area contributed by atoms with Crippen LogP contribution in [0, 0.1) is 13.8 Å². The maximum atomic E-state index is 6.04. The summed E-state index contributed by atoms with van der Waals surface area (Å²) in [5, 5.41) is 3.99. The fourth-order valence-electron chi connectivity index (χ4n) is 4.16. The molecular formula is C25H31N3O3. The molecule has 0 saturated carbocycles. The minimum atomic E-state index is 0.376. The first-order valence-corrected chi connectivity index (χ1v) is 10.7. The molecular weight excluding hydrogens is 390 g/mol. The lowest BCUT2D eigenvalue weighted by molar-refractivity contribution is 0.0833. The van der Waals surface area contributed by atoms with Gasteiger partial charge in [-0.2, -0.15) is 0 Å². The number of aromatic nitrogens is 1. The number of hydrogen-bond donors (Lipinski definition) is 0. The molecule has 0 bridgehead atoms. The molecule has 2 heterocycles. The molecule has 2 aromatic carbocycles. The molecule has 0 aliphatic carbocycles. The highest BCUT2D eigenvalue weighted by Crippen LogP contribution is 2.32. The summed E-state index contributed by atoms with van der Waals surface area (Å²) in [5.74, 6) is 2.26. The zero-order valence-electron chi connectivity index (χ0n) is 18.8. The van der Waals surface area contributed by atoms with Crippen molar-refractivity contribution in [3.05, 3.63) is 76.7 Å². The fourth-order valence-corrected chi connectivity index (χ4v) is 4.16. The van der Waals surface area contributed by atoms with E-state index in [1.165, 1.54) is 11.1 Å². The first kappa shape index (κ1) is 21.4. The Labute approximate surface area is 184 Å². The zero-order chi connectivity index (χ0) is 21.8. The minimum Gasteiger partial charge on any atom is -0.493 e. The molecule has 1 fully saturated rings.